The molecule has 1 amide bonds. The number of para-hydroxylation sites is 1. The van der Waals surface area contributed by atoms with Gasteiger partial charge in [0.15, 0.2) is 5.11 Å². The Bertz CT molecular complexity index is 1420. The molecule has 6 nitrogen and oxygen atoms in total. The Kier molecular flexibility index (Phi) is 7.06. The highest BCUT2D eigenvalue weighted by molar-refractivity contribution is 7.80. The predicted molar refractivity (Wildman–Crippen MR) is 152 cm³/mol. The Labute approximate surface area is 223 Å². The lowest BCUT2D eigenvalue weighted by Gasteiger charge is -2.28. The largest absolute Gasteiger partial charge is 0.352 e. The molecule has 3 heterocycles. The second-order valence-corrected chi connectivity index (χ2v) is 9.87. The van der Waals surface area contributed by atoms with Gasteiger partial charge in [-0.05, 0) is 86.6 Å². The van der Waals surface area contributed by atoms with Gasteiger partial charge in [-0.15, -0.1) is 0 Å². The Morgan fingerprint density at radius 2 is 1.78 bits per heavy atom. The molecule has 0 spiro atoms. The average molecular weight is 510 g/mol. The highest BCUT2D eigenvalue weighted by atomic mass is 32.1. The molecule has 0 saturated carbocycles. The van der Waals surface area contributed by atoms with E-state index in [4.69, 9.17) is 12.2 Å². The highest BCUT2D eigenvalue weighted by Crippen LogP contribution is 2.41. The van der Waals surface area contributed by atoms with E-state index in [1.165, 1.54) is 5.56 Å². The van der Waals surface area contributed by atoms with Gasteiger partial charge in [-0.25, -0.2) is 0 Å². The number of rotatable bonds is 7. The van der Waals surface area contributed by atoms with Crippen molar-refractivity contribution in [2.45, 2.75) is 39.3 Å². The number of aryl methyl sites for hydroxylation is 2. The SMILES string of the molecule is Cc1cccc(NC(=O)CCN2C(=S)N[C@H](c3ccccn3)[C@H]2c2cc(C)n(-c3ccccc3)c2C)c1. The molecule has 0 bridgehead atoms. The van der Waals surface area contributed by atoms with E-state index in [-0.39, 0.29) is 18.0 Å². The molecule has 2 aromatic carbocycles. The van der Waals surface area contributed by atoms with Crippen molar-refractivity contribution in [1.29, 1.82) is 0 Å². The number of nitrogens with one attached hydrogen (secondary N) is 2. The molecule has 5 rings (SSSR count). The van der Waals surface area contributed by atoms with Crippen molar-refractivity contribution < 1.29 is 4.79 Å². The number of hydrogen-bond acceptors (Lipinski definition) is 3. The minimum atomic E-state index is -0.127. The van der Waals surface area contributed by atoms with Crippen molar-refractivity contribution in [3.8, 4) is 5.69 Å². The number of aromatic nitrogens is 2. The summed E-state index contributed by atoms with van der Waals surface area (Å²) in [6.45, 7) is 6.78. The maximum Gasteiger partial charge on any atom is 0.226 e. The van der Waals surface area contributed by atoms with Crippen LogP contribution in [0, 0.1) is 20.8 Å². The van der Waals surface area contributed by atoms with Gasteiger partial charge >= 0.3 is 0 Å². The van der Waals surface area contributed by atoms with Crippen LogP contribution in [0.1, 0.15) is 46.7 Å². The van der Waals surface area contributed by atoms with Gasteiger partial charge in [0.1, 0.15) is 0 Å². The van der Waals surface area contributed by atoms with E-state index in [0.717, 1.165) is 34.0 Å². The van der Waals surface area contributed by atoms with Crippen LogP contribution in [0.3, 0.4) is 0 Å². The Hall–Kier alpha value is -3.97. The standard InChI is InChI=1S/C30H31N5OS/c1-20-10-9-11-23(18-20)32-27(36)15-17-34-29(28(33-30(34)37)26-14-7-8-16-31-26)25-19-21(2)35(22(25)3)24-12-5-4-6-13-24/h4-14,16,18-19,28-29H,15,17H2,1-3H3,(H,32,36)(H,33,37)/t28-,29-/m1/s1. The monoisotopic (exact) mass is 509 g/mol. The van der Waals surface area contributed by atoms with E-state index >= 15 is 0 Å². The molecule has 0 unspecified atom stereocenters. The highest BCUT2D eigenvalue weighted by Gasteiger charge is 2.41. The zero-order chi connectivity index (χ0) is 25.9. The first-order valence-corrected chi connectivity index (χ1v) is 12.9. The van der Waals surface area contributed by atoms with Crippen LogP contribution in [0.2, 0.25) is 0 Å². The van der Waals surface area contributed by atoms with Crippen molar-refractivity contribution in [3.63, 3.8) is 0 Å². The summed E-state index contributed by atoms with van der Waals surface area (Å²) in [7, 11) is 0. The molecule has 2 aromatic heterocycles. The van der Waals surface area contributed by atoms with Gasteiger partial charge in [-0.3, -0.25) is 9.78 Å². The van der Waals surface area contributed by atoms with Crippen molar-refractivity contribution >= 4 is 28.9 Å². The Morgan fingerprint density at radius 3 is 2.51 bits per heavy atom. The van der Waals surface area contributed by atoms with E-state index in [1.54, 1.807) is 0 Å². The summed E-state index contributed by atoms with van der Waals surface area (Å²) >= 11 is 5.82. The number of anilines is 1. The molecule has 188 valence electrons. The zero-order valence-corrected chi connectivity index (χ0v) is 22.1. The van der Waals surface area contributed by atoms with Gasteiger partial charge in [0.2, 0.25) is 5.91 Å². The third kappa shape index (κ3) is 5.13. The Morgan fingerprint density at radius 1 is 1.00 bits per heavy atom. The maximum atomic E-state index is 12.9. The molecular weight excluding hydrogens is 478 g/mol. The molecule has 37 heavy (non-hydrogen) atoms. The lowest BCUT2D eigenvalue weighted by atomic mass is 9.96. The topological polar surface area (TPSA) is 62.2 Å². The van der Waals surface area contributed by atoms with Crippen molar-refractivity contribution in [2.24, 2.45) is 0 Å². The second-order valence-electron chi connectivity index (χ2n) is 9.49. The molecule has 1 fully saturated rings. The molecule has 4 aromatic rings. The molecular formula is C30H31N5OS. The first-order valence-electron chi connectivity index (χ1n) is 12.5. The van der Waals surface area contributed by atoms with Gasteiger partial charge in [0.25, 0.3) is 0 Å². The lowest BCUT2D eigenvalue weighted by molar-refractivity contribution is -0.116. The molecule has 2 N–H and O–H groups in total. The van der Waals surface area contributed by atoms with Crippen LogP contribution >= 0.6 is 12.2 Å². The van der Waals surface area contributed by atoms with Crippen LogP contribution in [0.25, 0.3) is 5.69 Å². The molecule has 0 radical (unpaired) electrons. The minimum Gasteiger partial charge on any atom is -0.352 e. The first kappa shape index (κ1) is 24.7. The van der Waals surface area contributed by atoms with Gasteiger partial charge in [0.05, 0.1) is 17.8 Å². The van der Waals surface area contributed by atoms with E-state index in [9.17, 15) is 4.79 Å². The van der Waals surface area contributed by atoms with Crippen LogP contribution in [0.4, 0.5) is 5.69 Å². The number of hydrogen-bond donors (Lipinski definition) is 2. The molecule has 0 aliphatic carbocycles. The third-order valence-electron chi connectivity index (χ3n) is 6.88. The third-order valence-corrected chi connectivity index (χ3v) is 7.24. The van der Waals surface area contributed by atoms with Gasteiger partial charge < -0.3 is 20.1 Å². The molecule has 7 heteroatoms. The molecule has 1 saturated heterocycles. The van der Waals surface area contributed by atoms with Gasteiger partial charge in [-0.1, -0.05) is 36.4 Å². The summed E-state index contributed by atoms with van der Waals surface area (Å²) in [6, 6.07) is 26.1. The number of amides is 1. The van der Waals surface area contributed by atoms with E-state index in [2.05, 4.69) is 69.3 Å². The van der Waals surface area contributed by atoms with Gasteiger partial charge in [0, 0.05) is 41.9 Å². The number of carbonyl (C=O) groups is 1. The van der Waals surface area contributed by atoms with Crippen LogP contribution in [-0.2, 0) is 4.79 Å². The number of carbonyl (C=O) groups excluding carboxylic acids is 1. The molecule has 1 aliphatic rings. The second kappa shape index (κ2) is 10.6. The van der Waals surface area contributed by atoms with E-state index in [1.807, 2.05) is 61.7 Å². The number of pyridine rings is 1. The normalized spacial score (nSPS) is 17.1. The zero-order valence-electron chi connectivity index (χ0n) is 21.3. The number of nitrogens with zero attached hydrogens (tertiary/aromatic N) is 3. The van der Waals surface area contributed by atoms with Crippen molar-refractivity contribution in [2.75, 3.05) is 11.9 Å². The maximum absolute atomic E-state index is 12.9. The lowest BCUT2D eigenvalue weighted by Crippen LogP contribution is -2.32. The minimum absolute atomic E-state index is 0.0387. The van der Waals surface area contributed by atoms with E-state index in [0.29, 0.717) is 18.1 Å². The first-order chi connectivity index (χ1) is 17.9. The predicted octanol–water partition coefficient (Wildman–Crippen LogP) is 5.80. The Balaban J connectivity index is 1.46. The number of thiocarbonyl (C=S) groups is 1. The smallest absolute Gasteiger partial charge is 0.226 e. The van der Waals surface area contributed by atoms with Crippen molar-refractivity contribution in [3.05, 3.63) is 113 Å². The summed E-state index contributed by atoms with van der Waals surface area (Å²) < 4.78 is 2.27. The fourth-order valence-corrected chi connectivity index (χ4v) is 5.55. The summed E-state index contributed by atoms with van der Waals surface area (Å²) in [5.74, 6) is -0.0387. The summed E-state index contributed by atoms with van der Waals surface area (Å²) in [5.41, 5.74) is 7.42. The summed E-state index contributed by atoms with van der Waals surface area (Å²) in [4.78, 5) is 19.7. The molecule has 1 aliphatic heterocycles. The molecule has 2 atom stereocenters. The fourth-order valence-electron chi connectivity index (χ4n) is 5.21. The van der Waals surface area contributed by atoms with Crippen molar-refractivity contribution in [1.82, 2.24) is 19.8 Å². The van der Waals surface area contributed by atoms with Crippen LogP contribution in [-0.4, -0.2) is 32.0 Å². The number of benzene rings is 2. The quantitative estimate of drug-likeness (QED) is 0.309. The summed E-state index contributed by atoms with van der Waals surface area (Å²) in [6.07, 6.45) is 2.13. The van der Waals surface area contributed by atoms with Gasteiger partial charge in [-0.2, -0.15) is 0 Å². The average Bonchev–Trinajstić information content (AvgIpc) is 3.38. The van der Waals surface area contributed by atoms with Crippen LogP contribution in [0.5, 0.6) is 0 Å². The van der Waals surface area contributed by atoms with Crippen LogP contribution in [0.15, 0.2) is 85.1 Å². The van der Waals surface area contributed by atoms with E-state index < -0.39 is 0 Å². The van der Waals surface area contributed by atoms with Crippen LogP contribution < -0.4 is 10.6 Å². The summed E-state index contributed by atoms with van der Waals surface area (Å²) in [5, 5.41) is 7.15. The fraction of sp³-hybridized carbons (Fsp3) is 0.233.